The first-order chi connectivity index (χ1) is 8.89. The van der Waals surface area contributed by atoms with Crippen LogP contribution in [0.5, 0.6) is 0 Å². The van der Waals surface area contributed by atoms with Crippen molar-refractivity contribution >= 4 is 27.5 Å². The molecule has 1 saturated heterocycles. The third-order valence-electron chi connectivity index (χ3n) is 3.13. The number of ether oxygens (including phenoxy) is 1. The molecular weight excluding hydrogens is 333 g/mol. The van der Waals surface area contributed by atoms with Gasteiger partial charge in [-0.25, -0.2) is 4.39 Å². The largest absolute Gasteiger partial charge is 0.368 e. The van der Waals surface area contributed by atoms with Crippen molar-refractivity contribution in [1.29, 1.82) is 0 Å². The van der Waals surface area contributed by atoms with E-state index in [1.807, 2.05) is 6.07 Å². The number of nitrogens with zero attached hydrogens (tertiary/aromatic N) is 1. The Hall–Kier alpha value is -0.160. The van der Waals surface area contributed by atoms with Gasteiger partial charge in [-0.3, -0.25) is 4.90 Å². The van der Waals surface area contributed by atoms with E-state index in [9.17, 15) is 4.39 Å². The van der Waals surface area contributed by atoms with Gasteiger partial charge in [0.05, 0.1) is 11.7 Å². The molecule has 1 aliphatic heterocycles. The quantitative estimate of drug-likeness (QED) is 0.769. The summed E-state index contributed by atoms with van der Waals surface area (Å²) in [5, 5.41) is 0. The predicted octanol–water partition coefficient (Wildman–Crippen LogP) is 3.81. The summed E-state index contributed by atoms with van der Waals surface area (Å²) in [5.74, 6) is 0.265. The van der Waals surface area contributed by atoms with E-state index >= 15 is 0 Å². The highest BCUT2D eigenvalue weighted by Gasteiger charge is 2.32. The predicted molar refractivity (Wildman–Crippen MR) is 79.0 cm³/mol. The first kappa shape index (κ1) is 15.2. The van der Waals surface area contributed by atoms with Gasteiger partial charge in [0.25, 0.3) is 0 Å². The zero-order valence-electron chi connectivity index (χ0n) is 11.1. The fraction of sp³-hybridized carbons (Fsp3) is 0.571. The molecule has 1 atom stereocenters. The molecule has 0 aromatic heterocycles. The lowest BCUT2D eigenvalue weighted by Gasteiger charge is -2.42. The molecule has 0 N–H and O–H groups in total. The van der Waals surface area contributed by atoms with Crippen LogP contribution in [0.25, 0.3) is 0 Å². The number of rotatable bonds is 3. The second-order valence-electron chi connectivity index (χ2n) is 5.56. The van der Waals surface area contributed by atoms with Crippen molar-refractivity contribution < 1.29 is 9.13 Å². The van der Waals surface area contributed by atoms with Crippen LogP contribution in [-0.4, -0.2) is 35.6 Å². The fourth-order valence-electron chi connectivity index (χ4n) is 2.51. The summed E-state index contributed by atoms with van der Waals surface area (Å²) in [6, 6.07) is 4.81. The Balaban J connectivity index is 2.09. The van der Waals surface area contributed by atoms with Crippen LogP contribution in [0.4, 0.5) is 4.39 Å². The van der Waals surface area contributed by atoms with Crippen LogP contribution in [-0.2, 0) is 11.3 Å². The van der Waals surface area contributed by atoms with Gasteiger partial charge in [-0.05, 0) is 31.5 Å². The van der Waals surface area contributed by atoms with Crippen LogP contribution >= 0.6 is 27.5 Å². The van der Waals surface area contributed by atoms with Crippen molar-refractivity contribution in [2.24, 2.45) is 0 Å². The average molecular weight is 351 g/mol. The summed E-state index contributed by atoms with van der Waals surface area (Å²) in [5.41, 5.74) is 0.872. The van der Waals surface area contributed by atoms with Crippen molar-refractivity contribution in [3.63, 3.8) is 0 Å². The number of hydrogen-bond acceptors (Lipinski definition) is 2. The lowest BCUT2D eigenvalue weighted by atomic mass is 10.0. The Morgan fingerprint density at radius 1 is 1.53 bits per heavy atom. The summed E-state index contributed by atoms with van der Waals surface area (Å²) in [6.07, 6.45) is 0.0460. The average Bonchev–Trinajstić information content (AvgIpc) is 2.31. The molecule has 106 valence electrons. The van der Waals surface area contributed by atoms with Gasteiger partial charge in [0.1, 0.15) is 5.82 Å². The van der Waals surface area contributed by atoms with Gasteiger partial charge in [0.15, 0.2) is 0 Å². The van der Waals surface area contributed by atoms with E-state index in [-0.39, 0.29) is 17.5 Å². The molecule has 19 heavy (non-hydrogen) atoms. The van der Waals surface area contributed by atoms with Crippen LogP contribution in [0.2, 0.25) is 0 Å². The number of morpholine rings is 1. The maximum Gasteiger partial charge on any atom is 0.124 e. The monoisotopic (exact) mass is 349 g/mol. The van der Waals surface area contributed by atoms with Crippen LogP contribution in [0, 0.1) is 5.82 Å². The Kier molecular flexibility index (Phi) is 4.88. The van der Waals surface area contributed by atoms with Gasteiger partial charge in [-0.1, -0.05) is 22.0 Å². The maximum atomic E-state index is 13.1. The molecule has 1 fully saturated rings. The number of hydrogen-bond donors (Lipinski definition) is 0. The van der Waals surface area contributed by atoms with Crippen molar-refractivity contribution in [1.82, 2.24) is 4.90 Å². The molecule has 2 nitrogen and oxygen atoms in total. The summed E-state index contributed by atoms with van der Waals surface area (Å²) in [7, 11) is 0. The molecule has 0 bridgehead atoms. The standard InChI is InChI=1S/C14H18BrClFNO/c1-14(2)9-18(8-12(6-16)19-14)7-10-3-4-11(17)5-13(10)15/h3-5,12H,6-9H2,1-2H3. The topological polar surface area (TPSA) is 12.5 Å². The van der Waals surface area contributed by atoms with Crippen LogP contribution in [0.15, 0.2) is 22.7 Å². The van der Waals surface area contributed by atoms with Gasteiger partial charge in [0.2, 0.25) is 0 Å². The molecule has 1 aliphatic rings. The zero-order chi connectivity index (χ0) is 14.0. The molecule has 2 rings (SSSR count). The molecular formula is C14H18BrClFNO. The number of benzene rings is 1. The molecule has 0 aliphatic carbocycles. The third kappa shape index (κ3) is 4.15. The third-order valence-corrected chi connectivity index (χ3v) is 4.22. The fourth-order valence-corrected chi connectivity index (χ4v) is 3.15. The van der Waals surface area contributed by atoms with E-state index in [0.717, 1.165) is 29.7 Å². The summed E-state index contributed by atoms with van der Waals surface area (Å²) < 4.78 is 19.8. The Bertz CT molecular complexity index is 455. The lowest BCUT2D eigenvalue weighted by molar-refractivity contribution is -0.129. The molecule has 1 aromatic rings. The first-order valence-corrected chi connectivity index (χ1v) is 7.62. The van der Waals surface area contributed by atoms with Crippen molar-refractivity contribution in [2.75, 3.05) is 19.0 Å². The Labute approximate surface area is 127 Å². The molecule has 0 saturated carbocycles. The second kappa shape index (κ2) is 6.08. The highest BCUT2D eigenvalue weighted by Crippen LogP contribution is 2.25. The molecule has 1 aromatic carbocycles. The van der Waals surface area contributed by atoms with Crippen LogP contribution in [0.1, 0.15) is 19.4 Å². The molecule has 0 radical (unpaired) electrons. The van der Waals surface area contributed by atoms with E-state index in [1.54, 1.807) is 0 Å². The summed E-state index contributed by atoms with van der Waals surface area (Å²) in [6.45, 7) is 6.54. The van der Waals surface area contributed by atoms with E-state index in [4.69, 9.17) is 16.3 Å². The summed E-state index contributed by atoms with van der Waals surface area (Å²) >= 11 is 9.33. The minimum atomic E-state index is -0.225. The van der Waals surface area contributed by atoms with Crippen LogP contribution in [0.3, 0.4) is 0 Å². The molecule has 0 spiro atoms. The van der Waals surface area contributed by atoms with E-state index < -0.39 is 0 Å². The van der Waals surface area contributed by atoms with Gasteiger partial charge in [-0.15, -0.1) is 11.6 Å². The van der Waals surface area contributed by atoms with Crippen LogP contribution < -0.4 is 0 Å². The summed E-state index contributed by atoms with van der Waals surface area (Å²) in [4.78, 5) is 2.30. The lowest BCUT2D eigenvalue weighted by Crippen LogP contribution is -2.52. The first-order valence-electron chi connectivity index (χ1n) is 6.30. The van der Waals surface area contributed by atoms with Gasteiger partial charge >= 0.3 is 0 Å². The minimum Gasteiger partial charge on any atom is -0.368 e. The maximum absolute atomic E-state index is 13.1. The Morgan fingerprint density at radius 2 is 2.26 bits per heavy atom. The minimum absolute atomic E-state index is 0.0460. The normalized spacial score (nSPS) is 23.5. The van der Waals surface area contributed by atoms with Gasteiger partial charge < -0.3 is 4.74 Å². The smallest absolute Gasteiger partial charge is 0.124 e. The Morgan fingerprint density at radius 3 is 2.89 bits per heavy atom. The molecule has 1 heterocycles. The second-order valence-corrected chi connectivity index (χ2v) is 6.72. The van der Waals surface area contributed by atoms with Crippen molar-refractivity contribution in [2.45, 2.75) is 32.1 Å². The van der Waals surface area contributed by atoms with Crippen molar-refractivity contribution in [3.05, 3.63) is 34.1 Å². The molecule has 0 amide bonds. The molecule has 5 heteroatoms. The van der Waals surface area contributed by atoms with Gasteiger partial charge in [-0.2, -0.15) is 0 Å². The highest BCUT2D eigenvalue weighted by atomic mass is 79.9. The highest BCUT2D eigenvalue weighted by molar-refractivity contribution is 9.10. The van der Waals surface area contributed by atoms with Crippen molar-refractivity contribution in [3.8, 4) is 0 Å². The van der Waals surface area contributed by atoms with Gasteiger partial charge in [0, 0.05) is 30.0 Å². The molecule has 1 unspecified atom stereocenters. The SMILES string of the molecule is CC1(C)CN(Cc2ccc(F)cc2Br)CC(CCl)O1. The van der Waals surface area contributed by atoms with E-state index in [0.29, 0.717) is 5.88 Å². The van der Waals surface area contributed by atoms with E-state index in [1.165, 1.54) is 12.1 Å². The number of halogens is 3. The zero-order valence-corrected chi connectivity index (χ0v) is 13.5. The van der Waals surface area contributed by atoms with E-state index in [2.05, 4.69) is 34.7 Å². The number of alkyl halides is 1.